The second-order valence-electron chi connectivity index (χ2n) is 4.23. The molecule has 0 aliphatic carbocycles. The van der Waals surface area contributed by atoms with Crippen LogP contribution >= 0.6 is 0 Å². The molecule has 2 rings (SSSR count). The normalized spacial score (nSPS) is 10.1. The van der Waals surface area contributed by atoms with Crippen molar-refractivity contribution in [2.45, 2.75) is 13.0 Å². The average molecular weight is 272 g/mol. The lowest BCUT2D eigenvalue weighted by Crippen LogP contribution is -2.16. The van der Waals surface area contributed by atoms with Gasteiger partial charge in [-0.05, 0) is 12.1 Å². The van der Waals surface area contributed by atoms with Crippen LogP contribution in [0, 0.1) is 0 Å². The first-order chi connectivity index (χ1) is 9.74. The molecule has 0 spiro atoms. The largest absolute Gasteiger partial charge is 0.496 e. The molecule has 0 saturated heterocycles. The summed E-state index contributed by atoms with van der Waals surface area (Å²) in [6.07, 6.45) is 3.29. The molecule has 5 nitrogen and oxygen atoms in total. The number of anilines is 1. The molecule has 1 heterocycles. The summed E-state index contributed by atoms with van der Waals surface area (Å²) in [5.41, 5.74) is 1.96. The summed E-state index contributed by atoms with van der Waals surface area (Å²) in [7, 11) is 1.57. The van der Waals surface area contributed by atoms with Crippen molar-refractivity contribution >= 4 is 11.6 Å². The number of carbonyl (C=O) groups is 1. The van der Waals surface area contributed by atoms with E-state index in [-0.39, 0.29) is 18.9 Å². The number of nitrogens with one attached hydrogen (secondary N) is 1. The Kier molecular flexibility index (Phi) is 4.68. The molecule has 0 saturated carbocycles. The van der Waals surface area contributed by atoms with Gasteiger partial charge >= 0.3 is 0 Å². The summed E-state index contributed by atoms with van der Waals surface area (Å²) < 4.78 is 5.21. The van der Waals surface area contributed by atoms with Crippen LogP contribution in [0.3, 0.4) is 0 Å². The van der Waals surface area contributed by atoms with Crippen LogP contribution in [-0.4, -0.2) is 23.1 Å². The van der Waals surface area contributed by atoms with E-state index in [1.54, 1.807) is 19.4 Å². The highest BCUT2D eigenvalue weighted by atomic mass is 16.5. The maximum Gasteiger partial charge on any atom is 0.228 e. The van der Waals surface area contributed by atoms with E-state index in [0.29, 0.717) is 17.0 Å². The Labute approximate surface area is 117 Å². The van der Waals surface area contributed by atoms with Gasteiger partial charge in [0.05, 0.1) is 32.0 Å². The molecule has 20 heavy (non-hydrogen) atoms. The lowest BCUT2D eigenvalue weighted by molar-refractivity contribution is -0.115. The van der Waals surface area contributed by atoms with E-state index in [0.717, 1.165) is 5.56 Å². The van der Waals surface area contributed by atoms with Gasteiger partial charge in [-0.15, -0.1) is 0 Å². The van der Waals surface area contributed by atoms with Crippen LogP contribution in [0.1, 0.15) is 11.1 Å². The quantitative estimate of drug-likeness (QED) is 0.870. The fourth-order valence-electron chi connectivity index (χ4n) is 1.89. The summed E-state index contributed by atoms with van der Waals surface area (Å²) in [5.74, 6) is 0.494. The lowest BCUT2D eigenvalue weighted by Gasteiger charge is -2.10. The number of methoxy groups -OCH3 is 1. The topological polar surface area (TPSA) is 71.5 Å². The van der Waals surface area contributed by atoms with Gasteiger partial charge in [0, 0.05) is 17.3 Å². The van der Waals surface area contributed by atoms with E-state index in [2.05, 4.69) is 10.3 Å². The van der Waals surface area contributed by atoms with Gasteiger partial charge in [0.25, 0.3) is 0 Å². The third-order valence-corrected chi connectivity index (χ3v) is 2.90. The third kappa shape index (κ3) is 3.33. The zero-order chi connectivity index (χ0) is 14.4. The Balaban J connectivity index is 2.09. The number of amides is 1. The van der Waals surface area contributed by atoms with Crippen molar-refractivity contribution in [3.63, 3.8) is 0 Å². The molecule has 0 bridgehead atoms. The van der Waals surface area contributed by atoms with Crippen molar-refractivity contribution in [2.75, 3.05) is 12.4 Å². The van der Waals surface area contributed by atoms with Crippen molar-refractivity contribution in [1.29, 1.82) is 0 Å². The molecule has 2 N–H and O–H groups in total. The van der Waals surface area contributed by atoms with E-state index in [1.165, 1.54) is 6.20 Å². The molecular weight excluding hydrogens is 256 g/mol. The zero-order valence-electron chi connectivity index (χ0n) is 11.2. The maximum absolute atomic E-state index is 12.0. The summed E-state index contributed by atoms with van der Waals surface area (Å²) in [6, 6.07) is 9.03. The van der Waals surface area contributed by atoms with E-state index in [9.17, 15) is 9.90 Å². The Morgan fingerprint density at radius 3 is 2.85 bits per heavy atom. The summed E-state index contributed by atoms with van der Waals surface area (Å²) >= 11 is 0. The minimum atomic E-state index is -0.183. The van der Waals surface area contributed by atoms with Crippen LogP contribution in [0.4, 0.5) is 5.69 Å². The number of aliphatic hydroxyl groups is 1. The summed E-state index contributed by atoms with van der Waals surface area (Å²) in [5, 5.41) is 11.9. The molecule has 2 aromatic rings. The molecule has 0 aliphatic heterocycles. The number of aliphatic hydroxyl groups excluding tert-OH is 1. The zero-order valence-corrected chi connectivity index (χ0v) is 11.2. The number of benzene rings is 1. The first-order valence-corrected chi connectivity index (χ1v) is 6.20. The van der Waals surface area contributed by atoms with Gasteiger partial charge in [0.2, 0.25) is 5.91 Å². The SMILES string of the molecule is COc1ccccc1CC(=O)Nc1cnccc1CO. The molecule has 1 aromatic carbocycles. The van der Waals surface area contributed by atoms with E-state index in [4.69, 9.17) is 4.74 Å². The van der Waals surface area contributed by atoms with Gasteiger partial charge < -0.3 is 15.2 Å². The number of hydrogen-bond acceptors (Lipinski definition) is 4. The smallest absolute Gasteiger partial charge is 0.228 e. The van der Waals surface area contributed by atoms with Crippen molar-refractivity contribution in [2.24, 2.45) is 0 Å². The van der Waals surface area contributed by atoms with Crippen molar-refractivity contribution in [3.05, 3.63) is 53.9 Å². The molecular formula is C15H16N2O3. The van der Waals surface area contributed by atoms with Gasteiger partial charge in [-0.3, -0.25) is 9.78 Å². The van der Waals surface area contributed by atoms with Crippen LogP contribution in [0.15, 0.2) is 42.7 Å². The molecule has 1 amide bonds. The number of para-hydroxylation sites is 1. The fraction of sp³-hybridized carbons (Fsp3) is 0.200. The first-order valence-electron chi connectivity index (χ1n) is 6.20. The average Bonchev–Trinajstić information content (AvgIpc) is 2.48. The second kappa shape index (κ2) is 6.68. The van der Waals surface area contributed by atoms with Crippen molar-refractivity contribution in [3.8, 4) is 5.75 Å². The highest BCUT2D eigenvalue weighted by Gasteiger charge is 2.10. The third-order valence-electron chi connectivity index (χ3n) is 2.90. The number of ether oxygens (including phenoxy) is 1. The van der Waals surface area contributed by atoms with Crippen molar-refractivity contribution < 1.29 is 14.6 Å². The number of pyridine rings is 1. The van der Waals surface area contributed by atoms with E-state index < -0.39 is 0 Å². The van der Waals surface area contributed by atoms with Crippen molar-refractivity contribution in [1.82, 2.24) is 4.98 Å². The number of carbonyl (C=O) groups excluding carboxylic acids is 1. The van der Waals surface area contributed by atoms with Gasteiger partial charge in [-0.2, -0.15) is 0 Å². The summed E-state index contributed by atoms with van der Waals surface area (Å²) in [4.78, 5) is 16.0. The predicted octanol–water partition coefficient (Wildman–Crippen LogP) is 1.76. The van der Waals surface area contributed by atoms with Gasteiger partial charge in [-0.25, -0.2) is 0 Å². The van der Waals surface area contributed by atoms with Crippen LogP contribution < -0.4 is 10.1 Å². The Bertz CT molecular complexity index is 548. The van der Waals surface area contributed by atoms with Gasteiger partial charge in [-0.1, -0.05) is 18.2 Å². The molecule has 0 aliphatic rings. The maximum atomic E-state index is 12.0. The van der Waals surface area contributed by atoms with Gasteiger partial charge in [0.1, 0.15) is 5.75 Å². The standard InChI is InChI=1S/C15H16N2O3/c1-20-14-5-3-2-4-11(14)8-15(19)17-13-9-16-7-6-12(13)10-18/h2-7,9,18H,8,10H2,1H3,(H,17,19). The van der Waals surface area contributed by atoms with E-state index in [1.807, 2.05) is 24.3 Å². The lowest BCUT2D eigenvalue weighted by atomic mass is 10.1. The van der Waals surface area contributed by atoms with Crippen LogP contribution in [0.25, 0.3) is 0 Å². The fourth-order valence-corrected chi connectivity index (χ4v) is 1.89. The predicted molar refractivity (Wildman–Crippen MR) is 75.5 cm³/mol. The van der Waals surface area contributed by atoms with E-state index >= 15 is 0 Å². The first kappa shape index (κ1) is 14.0. The molecule has 0 fully saturated rings. The monoisotopic (exact) mass is 272 g/mol. The minimum absolute atomic E-state index is 0.146. The number of hydrogen-bond donors (Lipinski definition) is 2. The molecule has 0 radical (unpaired) electrons. The molecule has 104 valence electrons. The molecule has 5 heteroatoms. The second-order valence-corrected chi connectivity index (χ2v) is 4.23. The van der Waals surface area contributed by atoms with Gasteiger partial charge in [0.15, 0.2) is 0 Å². The Morgan fingerprint density at radius 1 is 1.30 bits per heavy atom. The molecule has 0 atom stereocenters. The van der Waals surface area contributed by atoms with Crippen LogP contribution in [0.2, 0.25) is 0 Å². The number of rotatable bonds is 5. The highest BCUT2D eigenvalue weighted by Crippen LogP contribution is 2.19. The highest BCUT2D eigenvalue weighted by molar-refractivity contribution is 5.93. The van der Waals surface area contributed by atoms with Crippen LogP contribution in [-0.2, 0) is 17.8 Å². The number of nitrogens with zero attached hydrogens (tertiary/aromatic N) is 1. The van der Waals surface area contributed by atoms with Crippen LogP contribution in [0.5, 0.6) is 5.75 Å². The Morgan fingerprint density at radius 2 is 2.10 bits per heavy atom. The molecule has 1 aromatic heterocycles. The molecule has 0 unspecified atom stereocenters. The Hall–Kier alpha value is -2.40. The minimum Gasteiger partial charge on any atom is -0.496 e. The number of aromatic nitrogens is 1. The summed E-state index contributed by atoms with van der Waals surface area (Å²) in [6.45, 7) is -0.146.